The molecule has 0 N–H and O–H groups in total. The molecule has 1 aromatic rings. The molecule has 2 atom stereocenters. The quantitative estimate of drug-likeness (QED) is 0.725. The Labute approximate surface area is 93.0 Å². The van der Waals surface area contributed by atoms with E-state index >= 15 is 0 Å². The van der Waals surface area contributed by atoms with E-state index in [1.54, 1.807) is 11.8 Å². The maximum Gasteiger partial charge on any atom is 0.161 e. The summed E-state index contributed by atoms with van der Waals surface area (Å²) in [5, 5.41) is 2.07. The molecular formula is C10H12O2S2. The first-order chi connectivity index (χ1) is 6.65. The summed E-state index contributed by atoms with van der Waals surface area (Å²) in [6.45, 7) is 4.00. The largest absolute Gasteiger partial charge is 0.483 e. The monoisotopic (exact) mass is 228 g/mol. The lowest BCUT2D eigenvalue weighted by Crippen LogP contribution is -2.12. The average molecular weight is 228 g/mol. The molecule has 0 amide bonds. The molecule has 1 aliphatic rings. The van der Waals surface area contributed by atoms with Crippen molar-refractivity contribution >= 4 is 29.0 Å². The van der Waals surface area contributed by atoms with E-state index < -0.39 is 0 Å². The summed E-state index contributed by atoms with van der Waals surface area (Å²) >= 11 is 6.73. The number of hydrogen-bond acceptors (Lipinski definition) is 4. The van der Waals surface area contributed by atoms with Gasteiger partial charge in [-0.2, -0.15) is 0 Å². The molecule has 0 aromatic carbocycles. The Balaban J connectivity index is 2.01. The third-order valence-electron chi connectivity index (χ3n) is 2.19. The number of hydrogen-bond donors (Lipinski definition) is 0. The van der Waals surface area contributed by atoms with Gasteiger partial charge in [0.25, 0.3) is 0 Å². The van der Waals surface area contributed by atoms with Gasteiger partial charge in [0.2, 0.25) is 0 Å². The van der Waals surface area contributed by atoms with Crippen LogP contribution in [0.25, 0.3) is 0 Å². The van der Waals surface area contributed by atoms with E-state index in [0.29, 0.717) is 5.25 Å². The lowest BCUT2D eigenvalue weighted by Gasteiger charge is -2.10. The second-order valence-electron chi connectivity index (χ2n) is 3.42. The van der Waals surface area contributed by atoms with Gasteiger partial charge >= 0.3 is 0 Å². The van der Waals surface area contributed by atoms with Crippen molar-refractivity contribution in [3.8, 4) is 0 Å². The van der Waals surface area contributed by atoms with E-state index in [-0.39, 0.29) is 6.10 Å². The van der Waals surface area contributed by atoms with Gasteiger partial charge in [-0.3, -0.25) is 0 Å². The SMILES string of the molecule is Cc1ccc(SC2CC(=S)OC2C)o1. The van der Waals surface area contributed by atoms with Crippen LogP contribution in [0.2, 0.25) is 0 Å². The van der Waals surface area contributed by atoms with Crippen LogP contribution in [-0.2, 0) is 4.74 Å². The number of ether oxygens (including phenoxy) is 1. The standard InChI is InChI=1S/C10H12O2S2/c1-6-3-4-10(11-6)14-8-5-9(13)12-7(8)2/h3-4,7-8H,5H2,1-2H3. The summed E-state index contributed by atoms with van der Waals surface area (Å²) in [5.74, 6) is 0.946. The fourth-order valence-corrected chi connectivity index (χ4v) is 2.97. The summed E-state index contributed by atoms with van der Waals surface area (Å²) in [4.78, 5) is 0. The van der Waals surface area contributed by atoms with Gasteiger partial charge in [-0.05, 0) is 38.2 Å². The zero-order valence-corrected chi connectivity index (χ0v) is 9.78. The normalized spacial score (nSPS) is 26.6. The first-order valence-electron chi connectivity index (χ1n) is 4.58. The molecule has 0 spiro atoms. The summed E-state index contributed by atoms with van der Waals surface area (Å²) in [6.07, 6.45) is 1.04. The first kappa shape index (κ1) is 10.1. The highest BCUT2D eigenvalue weighted by Gasteiger charge is 2.30. The van der Waals surface area contributed by atoms with Gasteiger partial charge in [-0.1, -0.05) is 11.8 Å². The summed E-state index contributed by atoms with van der Waals surface area (Å²) in [6, 6.07) is 3.97. The molecule has 1 aliphatic heterocycles. The first-order valence-corrected chi connectivity index (χ1v) is 5.86. The van der Waals surface area contributed by atoms with E-state index in [2.05, 4.69) is 0 Å². The molecule has 1 fully saturated rings. The molecule has 2 rings (SSSR count). The number of thioether (sulfide) groups is 1. The zero-order valence-electron chi connectivity index (χ0n) is 8.15. The third kappa shape index (κ3) is 2.12. The van der Waals surface area contributed by atoms with Crippen molar-refractivity contribution in [3.05, 3.63) is 17.9 Å². The third-order valence-corrected chi connectivity index (χ3v) is 3.76. The molecule has 14 heavy (non-hydrogen) atoms. The number of rotatable bonds is 2. The van der Waals surface area contributed by atoms with Crippen LogP contribution in [-0.4, -0.2) is 16.4 Å². The molecule has 2 heterocycles. The lowest BCUT2D eigenvalue weighted by molar-refractivity contribution is 0.249. The van der Waals surface area contributed by atoms with E-state index in [1.807, 2.05) is 26.0 Å². The van der Waals surface area contributed by atoms with Gasteiger partial charge in [0.15, 0.2) is 10.1 Å². The Kier molecular flexibility index (Phi) is 2.83. The minimum absolute atomic E-state index is 0.193. The molecular weight excluding hydrogens is 216 g/mol. The molecule has 76 valence electrons. The van der Waals surface area contributed by atoms with Crippen LogP contribution in [0.4, 0.5) is 0 Å². The molecule has 0 radical (unpaired) electrons. The van der Waals surface area contributed by atoms with Crippen LogP contribution < -0.4 is 0 Å². The van der Waals surface area contributed by atoms with Crippen molar-refractivity contribution in [3.63, 3.8) is 0 Å². The highest BCUT2D eigenvalue weighted by Crippen LogP contribution is 2.34. The molecule has 2 unspecified atom stereocenters. The Bertz CT molecular complexity index is 346. The molecule has 2 nitrogen and oxygen atoms in total. The molecule has 0 saturated carbocycles. The maximum atomic E-state index is 5.49. The summed E-state index contributed by atoms with van der Waals surface area (Å²) in [7, 11) is 0. The summed E-state index contributed by atoms with van der Waals surface area (Å²) < 4.78 is 10.9. The van der Waals surface area contributed by atoms with Gasteiger partial charge in [-0.15, -0.1) is 0 Å². The van der Waals surface area contributed by atoms with Gasteiger partial charge in [-0.25, -0.2) is 0 Å². The van der Waals surface area contributed by atoms with Gasteiger partial charge in [0.05, 0.1) is 5.25 Å². The van der Waals surface area contributed by atoms with E-state index in [4.69, 9.17) is 21.4 Å². The van der Waals surface area contributed by atoms with Gasteiger partial charge in [0, 0.05) is 6.42 Å². The van der Waals surface area contributed by atoms with Gasteiger partial charge < -0.3 is 9.15 Å². The Morgan fingerprint density at radius 1 is 1.50 bits per heavy atom. The van der Waals surface area contributed by atoms with Crippen molar-refractivity contribution in [1.82, 2.24) is 0 Å². The van der Waals surface area contributed by atoms with Crippen LogP contribution >= 0.6 is 24.0 Å². The van der Waals surface area contributed by atoms with Gasteiger partial charge in [0.1, 0.15) is 11.9 Å². The second-order valence-corrected chi connectivity index (χ2v) is 5.12. The van der Waals surface area contributed by atoms with E-state index in [0.717, 1.165) is 22.3 Å². The minimum Gasteiger partial charge on any atom is -0.483 e. The van der Waals surface area contributed by atoms with Crippen LogP contribution in [0, 0.1) is 6.92 Å². The second kappa shape index (κ2) is 3.95. The number of thiocarbonyl (C=S) groups is 1. The van der Waals surface area contributed by atoms with Crippen molar-refractivity contribution in [2.75, 3.05) is 0 Å². The van der Waals surface area contributed by atoms with Crippen LogP contribution in [0.3, 0.4) is 0 Å². The molecule has 4 heteroatoms. The fourth-order valence-electron chi connectivity index (χ4n) is 1.42. The van der Waals surface area contributed by atoms with Crippen molar-refractivity contribution in [2.45, 2.75) is 36.7 Å². The zero-order chi connectivity index (χ0) is 10.1. The highest BCUT2D eigenvalue weighted by molar-refractivity contribution is 8.00. The number of aryl methyl sites for hydroxylation is 1. The molecule has 0 bridgehead atoms. The predicted molar refractivity (Wildman–Crippen MR) is 60.9 cm³/mol. The topological polar surface area (TPSA) is 22.4 Å². The maximum absolute atomic E-state index is 5.49. The minimum atomic E-state index is 0.193. The Morgan fingerprint density at radius 2 is 2.29 bits per heavy atom. The van der Waals surface area contributed by atoms with E-state index in [1.165, 1.54) is 0 Å². The Morgan fingerprint density at radius 3 is 2.79 bits per heavy atom. The van der Waals surface area contributed by atoms with Crippen molar-refractivity contribution in [1.29, 1.82) is 0 Å². The highest BCUT2D eigenvalue weighted by atomic mass is 32.2. The van der Waals surface area contributed by atoms with Crippen LogP contribution in [0.15, 0.2) is 21.6 Å². The lowest BCUT2D eigenvalue weighted by atomic mass is 10.3. The van der Waals surface area contributed by atoms with Crippen molar-refractivity contribution < 1.29 is 9.15 Å². The van der Waals surface area contributed by atoms with E-state index in [9.17, 15) is 0 Å². The molecule has 1 aromatic heterocycles. The summed E-state index contributed by atoms with van der Waals surface area (Å²) in [5.41, 5.74) is 0. The van der Waals surface area contributed by atoms with Crippen LogP contribution in [0.5, 0.6) is 0 Å². The number of furan rings is 1. The molecule has 0 aliphatic carbocycles. The average Bonchev–Trinajstić information content (AvgIpc) is 2.61. The molecule has 1 saturated heterocycles. The smallest absolute Gasteiger partial charge is 0.161 e. The van der Waals surface area contributed by atoms with Crippen molar-refractivity contribution in [2.24, 2.45) is 0 Å². The fraction of sp³-hybridized carbons (Fsp3) is 0.500. The Hall–Kier alpha value is -0.480. The van der Waals surface area contributed by atoms with Crippen LogP contribution in [0.1, 0.15) is 19.1 Å². The predicted octanol–water partition coefficient (Wildman–Crippen LogP) is 3.18.